The standard InChI is InChI=1S/C20H14ClF4N3O2/c1-28(19(29)11-7-17(20(23,24)25)27-18(21)8-11)15-10-26-6-5-13(15)14-4-3-12(22)9-16(14)30-2/h3-10H,1-2H3. The fourth-order valence-corrected chi connectivity index (χ4v) is 3.05. The van der Waals surface area contributed by atoms with Crippen LogP contribution >= 0.6 is 11.6 Å². The second-order valence-electron chi connectivity index (χ2n) is 6.16. The van der Waals surface area contributed by atoms with E-state index in [-0.39, 0.29) is 17.0 Å². The van der Waals surface area contributed by atoms with E-state index in [0.29, 0.717) is 17.2 Å². The number of methoxy groups -OCH3 is 1. The van der Waals surface area contributed by atoms with Crippen molar-refractivity contribution >= 4 is 23.2 Å². The summed E-state index contributed by atoms with van der Waals surface area (Å²) in [6, 6.07) is 7.12. The van der Waals surface area contributed by atoms with Gasteiger partial charge in [0.1, 0.15) is 22.4 Å². The molecule has 0 unspecified atom stereocenters. The summed E-state index contributed by atoms with van der Waals surface area (Å²) in [4.78, 5) is 21.3. The van der Waals surface area contributed by atoms with Gasteiger partial charge in [-0.2, -0.15) is 13.2 Å². The molecule has 5 nitrogen and oxygen atoms in total. The molecule has 30 heavy (non-hydrogen) atoms. The summed E-state index contributed by atoms with van der Waals surface area (Å²) in [5.74, 6) is -1.06. The van der Waals surface area contributed by atoms with Crippen LogP contribution in [-0.2, 0) is 6.18 Å². The van der Waals surface area contributed by atoms with Gasteiger partial charge in [0.15, 0.2) is 0 Å². The zero-order chi connectivity index (χ0) is 22.1. The van der Waals surface area contributed by atoms with Crippen LogP contribution in [0.2, 0.25) is 5.15 Å². The molecule has 0 radical (unpaired) electrons. The van der Waals surface area contributed by atoms with Gasteiger partial charge in [0.05, 0.1) is 19.0 Å². The van der Waals surface area contributed by atoms with Crippen molar-refractivity contribution in [2.75, 3.05) is 19.1 Å². The molecule has 0 aliphatic rings. The minimum atomic E-state index is -4.76. The van der Waals surface area contributed by atoms with Crippen LogP contribution in [0.25, 0.3) is 11.1 Å². The normalized spacial score (nSPS) is 11.3. The van der Waals surface area contributed by atoms with Crippen molar-refractivity contribution < 1.29 is 27.1 Å². The zero-order valence-corrected chi connectivity index (χ0v) is 16.4. The number of halogens is 5. The molecular formula is C20H14ClF4N3O2. The first-order valence-electron chi connectivity index (χ1n) is 8.42. The molecule has 1 aromatic carbocycles. The Morgan fingerprint density at radius 3 is 2.53 bits per heavy atom. The van der Waals surface area contributed by atoms with Crippen LogP contribution in [0, 0.1) is 5.82 Å². The number of hydrogen-bond acceptors (Lipinski definition) is 4. The lowest BCUT2D eigenvalue weighted by atomic mass is 10.0. The molecule has 0 saturated carbocycles. The van der Waals surface area contributed by atoms with Crippen molar-refractivity contribution in [1.29, 1.82) is 0 Å². The van der Waals surface area contributed by atoms with Crippen LogP contribution < -0.4 is 9.64 Å². The number of carbonyl (C=O) groups is 1. The van der Waals surface area contributed by atoms with Crippen LogP contribution in [0.5, 0.6) is 5.75 Å². The summed E-state index contributed by atoms with van der Waals surface area (Å²) in [5, 5.41) is -0.465. The second-order valence-corrected chi connectivity index (χ2v) is 6.55. The minimum absolute atomic E-state index is 0.217. The average Bonchev–Trinajstić information content (AvgIpc) is 2.71. The van der Waals surface area contributed by atoms with Crippen molar-refractivity contribution in [3.05, 3.63) is 71.0 Å². The van der Waals surface area contributed by atoms with E-state index in [9.17, 15) is 22.4 Å². The van der Waals surface area contributed by atoms with Crippen molar-refractivity contribution in [3.8, 4) is 16.9 Å². The molecule has 0 atom stereocenters. The third kappa shape index (κ3) is 4.35. The molecule has 3 rings (SSSR count). The maximum atomic E-state index is 13.6. The van der Waals surface area contributed by atoms with Gasteiger partial charge in [-0.25, -0.2) is 9.37 Å². The molecule has 1 amide bonds. The van der Waals surface area contributed by atoms with Crippen molar-refractivity contribution in [2.24, 2.45) is 0 Å². The smallest absolute Gasteiger partial charge is 0.433 e. The Morgan fingerprint density at radius 1 is 1.13 bits per heavy atom. The Bertz CT molecular complexity index is 1110. The summed E-state index contributed by atoms with van der Waals surface area (Å²) in [6.45, 7) is 0. The second kappa shape index (κ2) is 8.27. The lowest BCUT2D eigenvalue weighted by Gasteiger charge is -2.22. The minimum Gasteiger partial charge on any atom is -0.496 e. The number of pyridine rings is 2. The molecule has 0 bridgehead atoms. The highest BCUT2D eigenvalue weighted by atomic mass is 35.5. The molecule has 3 aromatic rings. The molecule has 2 heterocycles. The van der Waals surface area contributed by atoms with E-state index in [2.05, 4.69) is 9.97 Å². The number of rotatable bonds is 4. The van der Waals surface area contributed by atoms with E-state index in [1.165, 1.54) is 44.8 Å². The fraction of sp³-hybridized carbons (Fsp3) is 0.150. The maximum Gasteiger partial charge on any atom is 0.433 e. The first-order valence-corrected chi connectivity index (χ1v) is 8.80. The van der Waals surface area contributed by atoms with E-state index in [1.807, 2.05) is 0 Å². The maximum absolute atomic E-state index is 13.6. The number of benzene rings is 1. The lowest BCUT2D eigenvalue weighted by molar-refractivity contribution is -0.141. The zero-order valence-electron chi connectivity index (χ0n) is 15.7. The number of hydrogen-bond donors (Lipinski definition) is 0. The number of carbonyl (C=O) groups excluding carboxylic acids is 1. The van der Waals surface area contributed by atoms with Crippen molar-refractivity contribution in [3.63, 3.8) is 0 Å². The van der Waals surface area contributed by atoms with Gasteiger partial charge in [-0.05, 0) is 30.3 Å². The molecule has 0 fully saturated rings. The van der Waals surface area contributed by atoms with Crippen LogP contribution in [0.4, 0.5) is 23.2 Å². The van der Waals surface area contributed by atoms with Gasteiger partial charge in [0.25, 0.3) is 5.91 Å². The molecule has 2 aromatic heterocycles. The summed E-state index contributed by atoms with van der Waals surface area (Å²) in [7, 11) is 2.74. The van der Waals surface area contributed by atoms with E-state index in [0.717, 1.165) is 11.0 Å². The molecule has 0 N–H and O–H groups in total. The van der Waals surface area contributed by atoms with Gasteiger partial charge >= 0.3 is 6.18 Å². The van der Waals surface area contributed by atoms with Crippen molar-refractivity contribution in [2.45, 2.75) is 6.18 Å². The highest BCUT2D eigenvalue weighted by molar-refractivity contribution is 6.30. The van der Waals surface area contributed by atoms with E-state index >= 15 is 0 Å². The predicted octanol–water partition coefficient (Wildman–Crippen LogP) is 5.24. The average molecular weight is 440 g/mol. The highest BCUT2D eigenvalue weighted by Crippen LogP contribution is 2.37. The van der Waals surface area contributed by atoms with Gasteiger partial charge in [0, 0.05) is 36.0 Å². The molecule has 10 heteroatoms. The Kier molecular flexibility index (Phi) is 5.93. The van der Waals surface area contributed by atoms with Crippen molar-refractivity contribution in [1.82, 2.24) is 9.97 Å². The number of ether oxygens (including phenoxy) is 1. The predicted molar refractivity (Wildman–Crippen MR) is 103 cm³/mol. The fourth-order valence-electron chi connectivity index (χ4n) is 2.84. The Morgan fingerprint density at radius 2 is 1.87 bits per heavy atom. The Hall–Kier alpha value is -3.20. The van der Waals surface area contributed by atoms with E-state index < -0.39 is 28.7 Å². The number of amides is 1. The topological polar surface area (TPSA) is 55.3 Å². The third-order valence-electron chi connectivity index (χ3n) is 4.25. The highest BCUT2D eigenvalue weighted by Gasteiger charge is 2.34. The third-order valence-corrected chi connectivity index (χ3v) is 4.44. The molecular weight excluding hydrogens is 426 g/mol. The number of anilines is 1. The van der Waals surface area contributed by atoms with Gasteiger partial charge in [0.2, 0.25) is 0 Å². The van der Waals surface area contributed by atoms with E-state index in [4.69, 9.17) is 16.3 Å². The van der Waals surface area contributed by atoms with Crippen LogP contribution in [-0.4, -0.2) is 30.0 Å². The number of alkyl halides is 3. The van der Waals surface area contributed by atoms with Gasteiger partial charge in [-0.1, -0.05) is 11.6 Å². The van der Waals surface area contributed by atoms with Crippen LogP contribution in [0.15, 0.2) is 48.8 Å². The Balaban J connectivity index is 2.07. The quantitative estimate of drug-likeness (QED) is 0.412. The molecule has 156 valence electrons. The first-order chi connectivity index (χ1) is 14.1. The summed E-state index contributed by atoms with van der Waals surface area (Å²) >= 11 is 5.69. The monoisotopic (exact) mass is 439 g/mol. The van der Waals surface area contributed by atoms with Gasteiger partial charge < -0.3 is 9.64 Å². The lowest BCUT2D eigenvalue weighted by Crippen LogP contribution is -2.27. The molecule has 0 aliphatic carbocycles. The van der Waals surface area contributed by atoms with Gasteiger partial charge in [-0.15, -0.1) is 0 Å². The van der Waals surface area contributed by atoms with Crippen LogP contribution in [0.1, 0.15) is 16.1 Å². The van der Waals surface area contributed by atoms with E-state index in [1.54, 1.807) is 6.07 Å². The first kappa shape index (κ1) is 21.5. The summed E-state index contributed by atoms with van der Waals surface area (Å²) in [5.41, 5.74) is -0.369. The number of aromatic nitrogens is 2. The van der Waals surface area contributed by atoms with Crippen LogP contribution in [0.3, 0.4) is 0 Å². The Labute approximate surface area is 173 Å². The summed E-state index contributed by atoms with van der Waals surface area (Å²) in [6.07, 6.45) is -1.94. The molecule has 0 spiro atoms. The molecule has 0 saturated heterocycles. The summed E-state index contributed by atoms with van der Waals surface area (Å²) < 4.78 is 57.9. The SMILES string of the molecule is COc1cc(F)ccc1-c1ccncc1N(C)C(=O)c1cc(Cl)nc(C(F)(F)F)c1. The largest absolute Gasteiger partial charge is 0.496 e. The number of nitrogens with zero attached hydrogens (tertiary/aromatic N) is 3. The van der Waals surface area contributed by atoms with Gasteiger partial charge in [-0.3, -0.25) is 9.78 Å². The molecule has 0 aliphatic heterocycles.